The Balaban J connectivity index is 0.00000202. The van der Waals surface area contributed by atoms with Gasteiger partial charge in [-0.25, -0.2) is 0 Å². The topological polar surface area (TPSA) is 68.3 Å². The van der Waals surface area contributed by atoms with E-state index in [1.807, 2.05) is 109 Å². The van der Waals surface area contributed by atoms with E-state index in [4.69, 9.17) is 9.47 Å². The van der Waals surface area contributed by atoms with Gasteiger partial charge in [0.25, 0.3) is 0 Å². The molecule has 0 unspecified atom stereocenters. The van der Waals surface area contributed by atoms with Crippen LogP contribution in [-0.4, -0.2) is 23.2 Å². The van der Waals surface area contributed by atoms with Crippen molar-refractivity contribution in [1.29, 1.82) is 0 Å². The van der Waals surface area contributed by atoms with Gasteiger partial charge in [-0.3, -0.25) is 9.97 Å². The highest BCUT2D eigenvalue weighted by Gasteiger charge is 2.08. The maximum absolute atomic E-state index is 6.17. The molecule has 6 aromatic rings. The molecule has 0 amide bonds. The zero-order valence-corrected chi connectivity index (χ0v) is 24.5. The van der Waals surface area contributed by atoms with Gasteiger partial charge in [0.1, 0.15) is 11.5 Å². The van der Waals surface area contributed by atoms with Crippen molar-refractivity contribution in [2.45, 2.75) is 12.8 Å². The molecule has 42 heavy (non-hydrogen) atoms. The van der Waals surface area contributed by atoms with Crippen molar-refractivity contribution >= 4 is 69.4 Å². The van der Waals surface area contributed by atoms with Crippen molar-refractivity contribution in [2.24, 2.45) is 0 Å². The number of halogens is 2. The Morgan fingerprint density at radius 2 is 0.857 bits per heavy atom. The van der Waals surface area contributed by atoms with Gasteiger partial charge < -0.3 is 20.1 Å². The largest absolute Gasteiger partial charge is 0.491 e. The maximum atomic E-state index is 6.17. The van der Waals surface area contributed by atoms with Crippen molar-refractivity contribution in [3.8, 4) is 11.5 Å². The summed E-state index contributed by atoms with van der Waals surface area (Å²) >= 11 is 0. The molecular formula is C34H32Cl2N4O2. The number of para-hydroxylation sites is 6. The summed E-state index contributed by atoms with van der Waals surface area (Å²) in [6, 6.07) is 36.2. The second kappa shape index (κ2) is 14.9. The van der Waals surface area contributed by atoms with Crippen molar-refractivity contribution < 1.29 is 9.47 Å². The van der Waals surface area contributed by atoms with E-state index in [-0.39, 0.29) is 24.8 Å². The Hall–Kier alpha value is -4.52. The first-order valence-corrected chi connectivity index (χ1v) is 13.5. The van der Waals surface area contributed by atoms with Gasteiger partial charge in [-0.1, -0.05) is 60.7 Å². The van der Waals surface area contributed by atoms with E-state index in [1.165, 1.54) is 0 Å². The average molecular weight is 600 g/mol. The normalized spacial score (nSPS) is 10.4. The molecule has 0 aliphatic carbocycles. The Kier molecular flexibility index (Phi) is 10.8. The van der Waals surface area contributed by atoms with Gasteiger partial charge in [-0.05, 0) is 61.4 Å². The lowest BCUT2D eigenvalue weighted by Crippen LogP contribution is -2.05. The fourth-order valence-corrected chi connectivity index (χ4v) is 4.66. The molecule has 0 saturated carbocycles. The van der Waals surface area contributed by atoms with Gasteiger partial charge in [0.05, 0.1) is 35.6 Å². The summed E-state index contributed by atoms with van der Waals surface area (Å²) in [5, 5.41) is 9.20. The van der Waals surface area contributed by atoms with Gasteiger partial charge in [0, 0.05) is 34.5 Å². The zero-order chi connectivity index (χ0) is 27.0. The fraction of sp³-hybridized carbons (Fsp3) is 0.118. The number of unbranched alkanes of at least 4 members (excludes halogenated alkanes) is 1. The van der Waals surface area contributed by atoms with Crippen LogP contribution < -0.4 is 20.1 Å². The molecule has 0 fully saturated rings. The van der Waals surface area contributed by atoms with Gasteiger partial charge in [0.2, 0.25) is 0 Å². The highest BCUT2D eigenvalue weighted by Crippen LogP contribution is 2.32. The first-order valence-electron chi connectivity index (χ1n) is 13.5. The number of pyridine rings is 2. The number of rotatable bonds is 11. The molecule has 4 aromatic carbocycles. The van der Waals surface area contributed by atoms with Crippen molar-refractivity contribution in [3.05, 3.63) is 122 Å². The van der Waals surface area contributed by atoms with Gasteiger partial charge >= 0.3 is 0 Å². The van der Waals surface area contributed by atoms with E-state index in [2.05, 4.69) is 32.7 Å². The first kappa shape index (κ1) is 30.4. The number of ether oxygens (including phenoxy) is 2. The van der Waals surface area contributed by atoms with E-state index in [0.717, 1.165) is 68.9 Å². The van der Waals surface area contributed by atoms with Crippen LogP contribution in [0.15, 0.2) is 122 Å². The predicted molar refractivity (Wildman–Crippen MR) is 178 cm³/mol. The minimum Gasteiger partial charge on any atom is -0.491 e. The Labute approximate surface area is 257 Å². The Morgan fingerprint density at radius 3 is 1.33 bits per heavy atom. The molecule has 6 nitrogen and oxygen atoms in total. The standard InChI is InChI=1S/C34H30N4O2.2ClH/c1-3-13-27-25(11-1)29(19-21-35-27)37-31-15-5-7-17-33(31)39-23-9-10-24-40-34-18-8-6-16-32(34)38-30-20-22-36-28-14-4-2-12-26(28)30;;/h1-8,11-22H,9-10,23-24H2,(H,35,37)(H,36,38);2*1H. The first-order chi connectivity index (χ1) is 19.8. The molecule has 0 atom stereocenters. The average Bonchev–Trinajstić information content (AvgIpc) is 3.01. The van der Waals surface area contributed by atoms with Crippen LogP contribution in [0, 0.1) is 0 Å². The number of fused-ring (bicyclic) bond motifs is 2. The van der Waals surface area contributed by atoms with Crippen molar-refractivity contribution in [1.82, 2.24) is 9.97 Å². The van der Waals surface area contributed by atoms with Crippen LogP contribution in [-0.2, 0) is 0 Å². The highest BCUT2D eigenvalue weighted by molar-refractivity contribution is 5.94. The van der Waals surface area contributed by atoms with Crippen LogP contribution >= 0.6 is 24.8 Å². The Morgan fingerprint density at radius 1 is 0.452 bits per heavy atom. The summed E-state index contributed by atoms with van der Waals surface area (Å²) in [4.78, 5) is 8.91. The third-order valence-electron chi connectivity index (χ3n) is 6.66. The van der Waals surface area contributed by atoms with E-state index in [1.54, 1.807) is 0 Å². The molecule has 6 rings (SSSR count). The summed E-state index contributed by atoms with van der Waals surface area (Å²) < 4.78 is 12.3. The lowest BCUT2D eigenvalue weighted by atomic mass is 10.2. The molecule has 2 heterocycles. The summed E-state index contributed by atoms with van der Waals surface area (Å²) in [6.07, 6.45) is 5.39. The number of hydrogen-bond acceptors (Lipinski definition) is 6. The number of benzene rings is 4. The quantitative estimate of drug-likeness (QED) is 0.145. The van der Waals surface area contributed by atoms with E-state index in [0.29, 0.717) is 13.2 Å². The molecule has 8 heteroatoms. The highest BCUT2D eigenvalue weighted by atomic mass is 35.5. The molecule has 0 bridgehead atoms. The molecule has 0 radical (unpaired) electrons. The summed E-state index contributed by atoms with van der Waals surface area (Å²) in [5.41, 5.74) is 5.77. The predicted octanol–water partition coefficient (Wildman–Crippen LogP) is 9.35. The van der Waals surface area contributed by atoms with Gasteiger partial charge in [-0.15, -0.1) is 24.8 Å². The summed E-state index contributed by atoms with van der Waals surface area (Å²) in [7, 11) is 0. The molecule has 2 aromatic heterocycles. The third kappa shape index (κ3) is 7.21. The summed E-state index contributed by atoms with van der Waals surface area (Å²) in [6.45, 7) is 1.20. The third-order valence-corrected chi connectivity index (χ3v) is 6.66. The lowest BCUT2D eigenvalue weighted by Gasteiger charge is -2.15. The molecule has 2 N–H and O–H groups in total. The van der Waals surface area contributed by atoms with E-state index in [9.17, 15) is 0 Å². The minimum absolute atomic E-state index is 0. The molecule has 0 saturated heterocycles. The lowest BCUT2D eigenvalue weighted by molar-refractivity contribution is 0.268. The zero-order valence-electron chi connectivity index (χ0n) is 22.9. The van der Waals surface area contributed by atoms with Crippen LogP contribution in [0.5, 0.6) is 11.5 Å². The van der Waals surface area contributed by atoms with Crippen molar-refractivity contribution in [3.63, 3.8) is 0 Å². The minimum atomic E-state index is 0. The Bertz CT molecular complexity index is 1610. The van der Waals surface area contributed by atoms with Crippen LogP contribution in [0.4, 0.5) is 22.7 Å². The number of anilines is 4. The number of nitrogens with one attached hydrogen (secondary N) is 2. The van der Waals surface area contributed by atoms with Gasteiger partial charge in [0.15, 0.2) is 0 Å². The van der Waals surface area contributed by atoms with Gasteiger partial charge in [-0.2, -0.15) is 0 Å². The number of hydrogen-bond donors (Lipinski definition) is 2. The second-order valence-electron chi connectivity index (χ2n) is 9.40. The van der Waals surface area contributed by atoms with Crippen LogP contribution in [0.25, 0.3) is 21.8 Å². The molecule has 0 aliphatic heterocycles. The van der Waals surface area contributed by atoms with E-state index >= 15 is 0 Å². The number of nitrogens with zero attached hydrogens (tertiary/aromatic N) is 2. The van der Waals surface area contributed by atoms with E-state index < -0.39 is 0 Å². The van der Waals surface area contributed by atoms with Crippen LogP contribution in [0.2, 0.25) is 0 Å². The number of aromatic nitrogens is 2. The maximum Gasteiger partial charge on any atom is 0.142 e. The van der Waals surface area contributed by atoms with Crippen LogP contribution in [0.1, 0.15) is 12.8 Å². The molecule has 0 spiro atoms. The van der Waals surface area contributed by atoms with Crippen LogP contribution in [0.3, 0.4) is 0 Å². The molecule has 0 aliphatic rings. The second-order valence-corrected chi connectivity index (χ2v) is 9.40. The summed E-state index contributed by atoms with van der Waals surface area (Å²) in [5.74, 6) is 1.65. The molecule has 214 valence electrons. The van der Waals surface area contributed by atoms with Crippen molar-refractivity contribution in [2.75, 3.05) is 23.8 Å². The fourth-order valence-electron chi connectivity index (χ4n) is 4.66. The SMILES string of the molecule is Cl.Cl.c1ccc(OCCCCOc2ccccc2Nc2ccnc3ccccc23)c(Nc2ccnc3ccccc23)c1. The molecular weight excluding hydrogens is 567 g/mol. The monoisotopic (exact) mass is 598 g/mol. The smallest absolute Gasteiger partial charge is 0.142 e.